The van der Waals surface area contributed by atoms with Gasteiger partial charge in [-0.05, 0) is 73.0 Å². The lowest BCUT2D eigenvalue weighted by Gasteiger charge is -2.45. The van der Waals surface area contributed by atoms with Gasteiger partial charge in [-0.3, -0.25) is 0 Å². The molecule has 0 heteroatoms. The Hall–Kier alpha value is 0. The van der Waals surface area contributed by atoms with E-state index < -0.39 is 0 Å². The van der Waals surface area contributed by atoms with Crippen LogP contribution in [0.2, 0.25) is 0 Å². The summed E-state index contributed by atoms with van der Waals surface area (Å²) >= 11 is 0. The van der Waals surface area contributed by atoms with Gasteiger partial charge in [-0.1, -0.05) is 55.4 Å². The molecule has 20 heavy (non-hydrogen) atoms. The monoisotopic (exact) mass is 280 g/mol. The van der Waals surface area contributed by atoms with Crippen molar-refractivity contribution in [3.63, 3.8) is 0 Å². The van der Waals surface area contributed by atoms with Crippen molar-refractivity contribution in [2.24, 2.45) is 47.3 Å². The van der Waals surface area contributed by atoms with Gasteiger partial charge < -0.3 is 0 Å². The Morgan fingerprint density at radius 2 is 0.950 bits per heavy atom. The third-order valence-electron chi connectivity index (χ3n) is 6.16. The van der Waals surface area contributed by atoms with Crippen LogP contribution in [0.5, 0.6) is 0 Å². The molecule has 1 saturated carbocycles. The summed E-state index contributed by atoms with van der Waals surface area (Å²) < 4.78 is 0. The van der Waals surface area contributed by atoms with E-state index in [0.717, 1.165) is 47.3 Å². The molecule has 0 nitrogen and oxygen atoms in total. The number of hydrogen-bond donors (Lipinski definition) is 0. The minimum Gasteiger partial charge on any atom is -0.0628 e. The topological polar surface area (TPSA) is 0 Å². The summed E-state index contributed by atoms with van der Waals surface area (Å²) in [6.45, 7) is 19.6. The van der Waals surface area contributed by atoms with Crippen LogP contribution >= 0.6 is 0 Å². The summed E-state index contributed by atoms with van der Waals surface area (Å²) in [5.74, 6) is 7.29. The summed E-state index contributed by atoms with van der Waals surface area (Å²) in [6, 6.07) is 0. The van der Waals surface area contributed by atoms with Crippen LogP contribution in [0, 0.1) is 47.3 Å². The third-order valence-corrected chi connectivity index (χ3v) is 6.16. The fraction of sp³-hybridized carbons (Fsp3) is 1.00. The van der Waals surface area contributed by atoms with Crippen LogP contribution in [0.25, 0.3) is 0 Å². The van der Waals surface area contributed by atoms with E-state index in [1.54, 1.807) is 0 Å². The quantitative estimate of drug-likeness (QED) is 0.511. The van der Waals surface area contributed by atoms with E-state index in [1.165, 1.54) is 25.7 Å². The third kappa shape index (κ3) is 4.78. The van der Waals surface area contributed by atoms with Gasteiger partial charge in [0.05, 0.1) is 0 Å². The van der Waals surface area contributed by atoms with Crippen molar-refractivity contribution in [3.05, 3.63) is 0 Å². The van der Waals surface area contributed by atoms with Gasteiger partial charge in [0.1, 0.15) is 0 Å². The molecular formula is C20H40. The zero-order valence-electron chi connectivity index (χ0n) is 15.4. The van der Waals surface area contributed by atoms with Gasteiger partial charge in [-0.2, -0.15) is 0 Å². The number of hydrogen-bond acceptors (Lipinski definition) is 0. The van der Waals surface area contributed by atoms with Crippen LogP contribution in [0.4, 0.5) is 0 Å². The molecule has 0 aromatic carbocycles. The second-order valence-electron chi connectivity index (χ2n) is 8.84. The second-order valence-corrected chi connectivity index (χ2v) is 8.84. The molecule has 1 aliphatic rings. The largest absolute Gasteiger partial charge is 0.0628 e. The standard InChI is InChI=1S/C20H40/c1-13(2)11-15(5)19-9-10-20(18(8)17(19)7)16(6)12-14(3)4/h13-20H,9-12H2,1-8H3. The summed E-state index contributed by atoms with van der Waals surface area (Å²) in [5, 5.41) is 0. The van der Waals surface area contributed by atoms with Gasteiger partial charge >= 0.3 is 0 Å². The van der Waals surface area contributed by atoms with E-state index >= 15 is 0 Å². The van der Waals surface area contributed by atoms with Gasteiger partial charge in [-0.15, -0.1) is 0 Å². The molecule has 0 radical (unpaired) electrons. The molecule has 0 aromatic heterocycles. The van der Waals surface area contributed by atoms with E-state index in [0.29, 0.717) is 0 Å². The lowest BCUT2D eigenvalue weighted by Crippen LogP contribution is -2.37. The molecule has 1 rings (SSSR count). The predicted octanol–water partition coefficient (Wildman–Crippen LogP) is 6.65. The molecule has 6 unspecified atom stereocenters. The Balaban J connectivity index is 2.62. The van der Waals surface area contributed by atoms with Crippen LogP contribution in [0.3, 0.4) is 0 Å². The Labute approximate surface area is 129 Å². The highest BCUT2D eigenvalue weighted by atomic mass is 14.4. The highest BCUT2D eigenvalue weighted by Gasteiger charge is 2.38. The first-order valence-electron chi connectivity index (χ1n) is 9.23. The minimum absolute atomic E-state index is 0.852. The van der Waals surface area contributed by atoms with Crippen molar-refractivity contribution in [2.75, 3.05) is 0 Å². The smallest absolute Gasteiger partial charge is 0.0360 e. The van der Waals surface area contributed by atoms with Crippen molar-refractivity contribution in [1.29, 1.82) is 0 Å². The maximum Gasteiger partial charge on any atom is -0.0360 e. The summed E-state index contributed by atoms with van der Waals surface area (Å²) in [6.07, 6.45) is 5.78. The molecule has 0 bridgehead atoms. The molecule has 0 N–H and O–H groups in total. The van der Waals surface area contributed by atoms with Gasteiger partial charge in [0, 0.05) is 0 Å². The first-order chi connectivity index (χ1) is 9.23. The Bertz CT molecular complexity index is 237. The zero-order valence-corrected chi connectivity index (χ0v) is 15.4. The number of rotatable bonds is 6. The molecule has 0 saturated heterocycles. The van der Waals surface area contributed by atoms with Crippen molar-refractivity contribution in [1.82, 2.24) is 0 Å². The predicted molar refractivity (Wildman–Crippen MR) is 91.8 cm³/mol. The van der Waals surface area contributed by atoms with Gasteiger partial charge in [0.2, 0.25) is 0 Å². The maximum absolute atomic E-state index is 2.54. The highest BCUT2D eigenvalue weighted by molar-refractivity contribution is 4.87. The van der Waals surface area contributed by atoms with Gasteiger partial charge in [-0.25, -0.2) is 0 Å². The molecule has 1 aliphatic carbocycles. The zero-order chi connectivity index (χ0) is 15.4. The fourth-order valence-corrected chi connectivity index (χ4v) is 5.13. The SMILES string of the molecule is CC(C)CC(C)C1CCC(C(C)CC(C)C)C(C)C1C. The molecule has 120 valence electrons. The second kappa shape index (κ2) is 7.85. The van der Waals surface area contributed by atoms with E-state index in [4.69, 9.17) is 0 Å². The van der Waals surface area contributed by atoms with E-state index in [2.05, 4.69) is 55.4 Å². The first-order valence-corrected chi connectivity index (χ1v) is 9.23. The van der Waals surface area contributed by atoms with E-state index in [9.17, 15) is 0 Å². The highest BCUT2D eigenvalue weighted by Crippen LogP contribution is 2.46. The normalized spacial score (nSPS) is 34.5. The van der Waals surface area contributed by atoms with Gasteiger partial charge in [0.15, 0.2) is 0 Å². The van der Waals surface area contributed by atoms with Crippen molar-refractivity contribution < 1.29 is 0 Å². The summed E-state index contributed by atoms with van der Waals surface area (Å²) in [4.78, 5) is 0. The Morgan fingerprint density at radius 1 is 0.650 bits per heavy atom. The fourth-order valence-electron chi connectivity index (χ4n) is 5.13. The van der Waals surface area contributed by atoms with Crippen LogP contribution in [-0.2, 0) is 0 Å². The summed E-state index contributed by atoms with van der Waals surface area (Å²) in [7, 11) is 0. The van der Waals surface area contributed by atoms with Crippen molar-refractivity contribution in [3.8, 4) is 0 Å². The minimum atomic E-state index is 0.852. The van der Waals surface area contributed by atoms with Gasteiger partial charge in [0.25, 0.3) is 0 Å². The van der Waals surface area contributed by atoms with Crippen molar-refractivity contribution >= 4 is 0 Å². The molecule has 0 heterocycles. The van der Waals surface area contributed by atoms with E-state index in [-0.39, 0.29) is 0 Å². The Kier molecular flexibility index (Phi) is 7.09. The molecule has 0 amide bonds. The maximum atomic E-state index is 2.54. The van der Waals surface area contributed by atoms with Crippen LogP contribution in [0.1, 0.15) is 81.1 Å². The molecule has 0 spiro atoms. The molecule has 1 fully saturated rings. The lowest BCUT2D eigenvalue weighted by molar-refractivity contribution is 0.0420. The van der Waals surface area contributed by atoms with Crippen LogP contribution in [0.15, 0.2) is 0 Å². The first kappa shape index (κ1) is 18.1. The lowest BCUT2D eigenvalue weighted by atomic mass is 9.60. The average Bonchev–Trinajstić information content (AvgIpc) is 2.30. The summed E-state index contributed by atoms with van der Waals surface area (Å²) in [5.41, 5.74) is 0. The average molecular weight is 281 g/mol. The van der Waals surface area contributed by atoms with Crippen LogP contribution in [-0.4, -0.2) is 0 Å². The van der Waals surface area contributed by atoms with Crippen LogP contribution < -0.4 is 0 Å². The molecular weight excluding hydrogens is 240 g/mol. The van der Waals surface area contributed by atoms with E-state index in [1.807, 2.05) is 0 Å². The molecule has 0 aromatic rings. The van der Waals surface area contributed by atoms with Crippen molar-refractivity contribution in [2.45, 2.75) is 81.1 Å². The molecule has 0 aliphatic heterocycles. The molecule has 6 atom stereocenters. The Morgan fingerprint density at radius 3 is 1.20 bits per heavy atom.